The molecular formula is C97H133Cl5N14O9. The van der Waals surface area contributed by atoms with Crippen LogP contribution in [0.4, 0.5) is 0 Å². The third-order valence-electron chi connectivity index (χ3n) is 35.7. The summed E-state index contributed by atoms with van der Waals surface area (Å²) in [7, 11) is 11.5. The molecule has 5 saturated carbocycles. The van der Waals surface area contributed by atoms with Crippen LogP contribution in [0.15, 0.2) is 16.9 Å². The number of ether oxygens (including phenoxy) is 4. The molecule has 23 nitrogen and oxygen atoms in total. The highest BCUT2D eigenvalue weighted by atomic mass is 35.5. The van der Waals surface area contributed by atoms with Crippen molar-refractivity contribution < 1.29 is 42.6 Å². The zero-order chi connectivity index (χ0) is 90.8. The predicted molar refractivity (Wildman–Crippen MR) is 483 cm³/mol. The van der Waals surface area contributed by atoms with Crippen molar-refractivity contribution in [1.82, 2.24) is 63.8 Å². The van der Waals surface area contributed by atoms with E-state index in [1.165, 1.54) is 51.3 Å². The van der Waals surface area contributed by atoms with E-state index in [1.807, 2.05) is 90.2 Å². The smallest absolute Gasteiger partial charge is 0.282 e. The van der Waals surface area contributed by atoms with Crippen molar-refractivity contribution in [2.24, 2.45) is 111 Å². The summed E-state index contributed by atoms with van der Waals surface area (Å²) < 4.78 is 41.0. The van der Waals surface area contributed by atoms with Crippen LogP contribution in [0.25, 0.3) is 4.85 Å². The standard InChI is InChI=1S/C17H25ClN2O2.C17H26N2O2.2C16H20ClN3O.C16H21ClN2O2.C15H21ClN2O/c1-15(2)12-6-5-11-13(19-20(4)14(11)18)16(12,3)7-8-17(15)21-9-10-22-17;1-15(2)13-6-5-12-11-19(4)18-14(12)16(13,3)7-8-17(15)20-9-10-21-17;1-15(2)11-6-5-10-12(19-20(4)14(10)17)16(11,3)7-9-8-18-21-13(9)15;1-15(2)11-7-6-9-12(19-20(5)14(9)17)16(11,3)8-10(18-4)13(15)21;1-15(2)11-6-5-10-12(18-19(4)14(10)17)16(11,3)7-9(8-20)13(15)21;1-14(2)10-6-5-9-12(17-18(4)13(9)16)15(10,3)8-7-11(14)19/h12H,5-10H2,1-4H3;11,13H,5-10H2,1-4H3;8,11H,5-7H2,1-4H3;10-11H,6-8H2,1-3,5H3;8-9,11H,5-7H2,1-4H3;10H,5-8H2,1-4H3/t12-,16-;13-,16-;11-,16-;10?,11-,16-;9?,11-,16-;10-,15-/m000000/s1. The summed E-state index contributed by atoms with van der Waals surface area (Å²) in [6.45, 7) is 50.0. The molecule has 21 rings (SSSR count). The third kappa shape index (κ3) is 13.6. The molecule has 680 valence electrons. The molecular weight excluding hydrogens is 1680 g/mol. The van der Waals surface area contributed by atoms with Gasteiger partial charge in [-0.15, -0.1) is 0 Å². The second kappa shape index (κ2) is 31.3. The number of carbonyl (C=O) groups excluding carboxylic acids is 4. The van der Waals surface area contributed by atoms with E-state index in [0.717, 1.165) is 178 Å². The van der Waals surface area contributed by atoms with E-state index < -0.39 is 28.6 Å². The third-order valence-corrected chi connectivity index (χ3v) is 38.1. The van der Waals surface area contributed by atoms with Crippen molar-refractivity contribution in [1.29, 1.82) is 0 Å². The summed E-state index contributed by atoms with van der Waals surface area (Å²) in [5.41, 5.74) is 13.8. The van der Waals surface area contributed by atoms with E-state index in [-0.39, 0.29) is 83.3 Å². The zero-order valence-electron chi connectivity index (χ0n) is 78.4. The van der Waals surface area contributed by atoms with E-state index in [4.69, 9.17) is 103 Å². The van der Waals surface area contributed by atoms with Gasteiger partial charge in [0.25, 0.3) is 6.04 Å². The van der Waals surface area contributed by atoms with Gasteiger partial charge in [-0.2, -0.15) is 30.6 Å². The first-order chi connectivity index (χ1) is 58.3. The Balaban J connectivity index is 0.000000111. The van der Waals surface area contributed by atoms with E-state index in [9.17, 15) is 19.2 Å². The van der Waals surface area contributed by atoms with Crippen LogP contribution in [0, 0.1) is 75.1 Å². The molecule has 0 aromatic carbocycles. The lowest BCUT2D eigenvalue weighted by Gasteiger charge is -2.59. The van der Waals surface area contributed by atoms with Gasteiger partial charge < -0.3 is 33.1 Å². The molecule has 0 N–H and O–H groups in total. The zero-order valence-corrected chi connectivity index (χ0v) is 82.1. The lowest BCUT2D eigenvalue weighted by Crippen LogP contribution is -2.61. The number of fused-ring (bicyclic) bond motifs is 19. The van der Waals surface area contributed by atoms with Crippen LogP contribution < -0.4 is 0 Å². The van der Waals surface area contributed by atoms with Crippen molar-refractivity contribution in [2.75, 3.05) is 26.4 Å². The number of nitrogens with zero attached hydrogens (tertiary/aromatic N) is 14. The largest absolute Gasteiger partial charge is 0.361 e. The molecule has 0 radical (unpaired) electrons. The highest BCUT2D eigenvalue weighted by Gasteiger charge is 2.68. The molecule has 2 unspecified atom stereocenters. The molecule has 7 fully saturated rings. The van der Waals surface area contributed by atoms with Gasteiger partial charge in [0, 0.05) is 173 Å². The summed E-state index contributed by atoms with van der Waals surface area (Å²) in [6.07, 6.45) is 24.6. The van der Waals surface area contributed by atoms with Crippen molar-refractivity contribution in [2.45, 2.75) is 315 Å². The summed E-state index contributed by atoms with van der Waals surface area (Å²) in [4.78, 5) is 52.4. The monoisotopic (exact) mass is 1810 g/mol. The molecule has 14 aliphatic rings. The fourth-order valence-electron chi connectivity index (χ4n) is 29.3. The number of rotatable bonds is 1. The fraction of sp³-hybridized carbons (Fsp3) is 0.732. The molecule has 125 heavy (non-hydrogen) atoms. The Kier molecular flexibility index (Phi) is 23.1. The van der Waals surface area contributed by atoms with Gasteiger partial charge in [0.15, 0.2) is 11.6 Å². The highest BCUT2D eigenvalue weighted by Crippen LogP contribution is 2.67. The molecule has 0 amide bonds. The summed E-state index contributed by atoms with van der Waals surface area (Å²) >= 11 is 32.0. The van der Waals surface area contributed by atoms with Crippen LogP contribution in [0.3, 0.4) is 0 Å². The first-order valence-corrected chi connectivity index (χ1v) is 47.8. The van der Waals surface area contributed by atoms with Gasteiger partial charge in [0.05, 0.1) is 72.7 Å². The summed E-state index contributed by atoms with van der Waals surface area (Å²) in [5, 5.41) is 36.1. The van der Waals surface area contributed by atoms with Crippen LogP contribution >= 0.6 is 58.0 Å². The lowest BCUT2D eigenvalue weighted by molar-refractivity contribution is -0.276. The van der Waals surface area contributed by atoms with Crippen molar-refractivity contribution >= 4 is 81.6 Å². The van der Waals surface area contributed by atoms with E-state index in [2.05, 4.69) is 128 Å². The number of carbonyl (C=O) groups is 4. The Hall–Kier alpha value is -6.07. The molecule has 9 heterocycles. The van der Waals surface area contributed by atoms with E-state index >= 15 is 0 Å². The van der Waals surface area contributed by atoms with Gasteiger partial charge in [-0.1, -0.05) is 188 Å². The van der Waals surface area contributed by atoms with Gasteiger partial charge in [-0.05, 0) is 150 Å². The minimum atomic E-state index is -0.562. The maximum atomic E-state index is 12.6. The Morgan fingerprint density at radius 2 is 0.752 bits per heavy atom. The molecule has 0 bridgehead atoms. The van der Waals surface area contributed by atoms with Gasteiger partial charge >= 0.3 is 0 Å². The molecule has 14 atom stereocenters. The Labute approximate surface area is 763 Å². The Morgan fingerprint density at radius 3 is 1.17 bits per heavy atom. The van der Waals surface area contributed by atoms with Gasteiger partial charge in [-0.3, -0.25) is 42.5 Å². The van der Waals surface area contributed by atoms with E-state index in [1.54, 1.807) is 14.0 Å². The van der Waals surface area contributed by atoms with E-state index in [0.29, 0.717) is 72.2 Å². The Morgan fingerprint density at radius 1 is 0.400 bits per heavy atom. The number of hydrogen-bond acceptors (Lipinski definition) is 16. The number of ketones is 3. The normalized spacial score (nSPS) is 33.8. The average Bonchev–Trinajstić information content (AvgIpc) is 1.66. The summed E-state index contributed by atoms with van der Waals surface area (Å²) in [6, 6.07) is -0.562. The lowest BCUT2D eigenvalue weighted by atomic mass is 9.49. The Bertz CT molecular complexity index is 5500. The van der Waals surface area contributed by atoms with Crippen LogP contribution in [0.1, 0.15) is 293 Å². The second-order valence-electron chi connectivity index (χ2n) is 44.5. The van der Waals surface area contributed by atoms with Crippen molar-refractivity contribution in [3.8, 4) is 0 Å². The van der Waals surface area contributed by atoms with Crippen molar-refractivity contribution in [3.63, 3.8) is 0 Å². The number of aldehydes is 1. The second-order valence-corrected chi connectivity index (χ2v) is 46.3. The van der Waals surface area contributed by atoms with Crippen molar-refractivity contribution in [3.05, 3.63) is 128 Å². The quantitative estimate of drug-likeness (QED) is 0.0842. The fourth-order valence-corrected chi connectivity index (χ4v) is 30.4. The topological polar surface area (TPSA) is 243 Å². The summed E-state index contributed by atoms with van der Waals surface area (Å²) in [5.74, 6) is 2.63. The van der Waals surface area contributed by atoms with Crippen LogP contribution in [0.5, 0.6) is 0 Å². The maximum Gasteiger partial charge on any atom is 0.282 e. The SMILES string of the molecule is Cn1cc2c(n1)[C@@]1(C)CCC3(OCCO3)C(C)(C)[C@@H]1CC2.Cn1nc2c(c1Cl)CC[C@H]1C(C)(C)C(=O)C(C=O)C[C@]21C.Cn1nc2c(c1Cl)CC[C@H]1C(C)(C)C(=O)CC[C@]21C.Cn1nc2c(c1Cl)CC[C@H]1C(C)(C)C3(CC[C@]21C)OCCO3.Cn1nc2c(c1Cl)CC[C@H]1C(C)(C)c3oncc3C[C@]21C.[C-]#[N+]C1C[C@]2(C)c3nn(C)c(Cl)c3CC[C@H]2C(C)(C)C1=O. The highest BCUT2D eigenvalue weighted by molar-refractivity contribution is 6.31. The number of halogens is 5. The number of hydrogen-bond donors (Lipinski definition) is 0. The molecule has 2 spiro atoms. The van der Waals surface area contributed by atoms with Gasteiger partial charge in [-0.25, -0.2) is 6.57 Å². The molecule has 2 aliphatic heterocycles. The minimum absolute atomic E-state index is 0.000532. The van der Waals surface area contributed by atoms with Gasteiger partial charge in [0.1, 0.15) is 49.4 Å². The molecule has 7 aromatic heterocycles. The minimum Gasteiger partial charge on any atom is -0.361 e. The molecule has 2 saturated heterocycles. The maximum absolute atomic E-state index is 12.6. The molecule has 12 aliphatic carbocycles. The molecule has 28 heteroatoms. The first-order valence-electron chi connectivity index (χ1n) is 45.9. The van der Waals surface area contributed by atoms with Crippen LogP contribution in [0.2, 0.25) is 25.8 Å². The number of Topliss-reactive ketones (excluding diaryl/α,β-unsaturated/α-hetero) is 3. The van der Waals surface area contributed by atoms with Crippen LogP contribution in [-0.4, -0.2) is 132 Å². The number of aryl methyl sites for hydroxylation is 7. The predicted octanol–water partition coefficient (Wildman–Crippen LogP) is 18.8. The molecule has 7 aromatic rings. The number of aromatic nitrogens is 13. The first kappa shape index (κ1) is 92.2. The van der Waals surface area contributed by atoms with Crippen LogP contribution in [-0.2, 0) is 163 Å². The average molecular weight is 1820 g/mol. The van der Waals surface area contributed by atoms with Gasteiger partial charge in [0.2, 0.25) is 5.78 Å².